The first-order valence-electron chi connectivity index (χ1n) is 11.4. The summed E-state index contributed by atoms with van der Waals surface area (Å²) in [6.45, 7) is 2.36. The monoisotopic (exact) mass is 461 g/mol. The van der Waals surface area contributed by atoms with Crippen LogP contribution in [0.2, 0.25) is 0 Å². The van der Waals surface area contributed by atoms with Gasteiger partial charge in [0.2, 0.25) is 17.8 Å². The fraction of sp³-hybridized carbons (Fsp3) is 0.417. The zero-order chi connectivity index (χ0) is 23.4. The van der Waals surface area contributed by atoms with E-state index in [9.17, 15) is 19.2 Å². The van der Waals surface area contributed by atoms with E-state index in [0.29, 0.717) is 36.6 Å². The number of nitrogens with zero attached hydrogens (tertiary/aromatic N) is 4. The third kappa shape index (κ3) is 3.08. The van der Waals surface area contributed by atoms with E-state index in [1.54, 1.807) is 4.90 Å². The zero-order valence-corrected chi connectivity index (χ0v) is 18.5. The summed E-state index contributed by atoms with van der Waals surface area (Å²) >= 11 is 0. The van der Waals surface area contributed by atoms with Crippen LogP contribution in [0, 0.1) is 0 Å². The highest BCUT2D eigenvalue weighted by Crippen LogP contribution is 2.49. The van der Waals surface area contributed by atoms with E-state index in [1.807, 2.05) is 12.1 Å². The predicted octanol–water partition coefficient (Wildman–Crippen LogP) is 0.981. The summed E-state index contributed by atoms with van der Waals surface area (Å²) in [4.78, 5) is 60.1. The smallest absolute Gasteiger partial charge is 0.255 e. The van der Waals surface area contributed by atoms with Crippen LogP contribution in [-0.2, 0) is 21.5 Å². The molecule has 3 amide bonds. The van der Waals surface area contributed by atoms with Crippen molar-refractivity contribution in [2.45, 2.75) is 43.7 Å². The molecule has 4 aliphatic rings. The van der Waals surface area contributed by atoms with Gasteiger partial charge in [-0.05, 0) is 25.3 Å². The number of nitrogens with one attached hydrogen (secondary N) is 1. The number of benzene rings is 1. The normalized spacial score (nSPS) is 22.9. The van der Waals surface area contributed by atoms with Crippen molar-refractivity contribution < 1.29 is 23.9 Å². The van der Waals surface area contributed by atoms with Gasteiger partial charge < -0.3 is 14.5 Å². The Balaban J connectivity index is 1.22. The van der Waals surface area contributed by atoms with Gasteiger partial charge in [0.25, 0.3) is 5.91 Å². The highest BCUT2D eigenvalue weighted by atomic mass is 16.5. The maximum Gasteiger partial charge on any atom is 0.255 e. The number of amides is 3. The van der Waals surface area contributed by atoms with Crippen molar-refractivity contribution in [3.05, 3.63) is 46.8 Å². The van der Waals surface area contributed by atoms with Crippen molar-refractivity contribution in [1.82, 2.24) is 20.2 Å². The van der Waals surface area contributed by atoms with Crippen molar-refractivity contribution in [1.29, 1.82) is 0 Å². The third-order valence-electron chi connectivity index (χ3n) is 7.53. The Hall–Kier alpha value is -3.82. The number of anilines is 1. The minimum Gasteiger partial charge on any atom is -0.492 e. The van der Waals surface area contributed by atoms with Crippen molar-refractivity contribution in [2.24, 2.45) is 0 Å². The van der Waals surface area contributed by atoms with Crippen molar-refractivity contribution >= 4 is 30.0 Å². The quantitative estimate of drug-likeness (QED) is 0.530. The van der Waals surface area contributed by atoms with Crippen LogP contribution in [-0.4, -0.2) is 64.6 Å². The van der Waals surface area contributed by atoms with Gasteiger partial charge in [-0.15, -0.1) is 0 Å². The maximum atomic E-state index is 13.1. The van der Waals surface area contributed by atoms with Gasteiger partial charge in [-0.3, -0.25) is 24.5 Å². The number of rotatable bonds is 3. The number of carbonyl (C=O) groups excluding carboxylic acids is 4. The van der Waals surface area contributed by atoms with Gasteiger partial charge in [0.15, 0.2) is 6.29 Å². The topological polar surface area (TPSA) is 122 Å². The van der Waals surface area contributed by atoms with Gasteiger partial charge in [-0.1, -0.05) is 6.07 Å². The number of piperidine rings is 2. The van der Waals surface area contributed by atoms with Crippen LogP contribution in [0.3, 0.4) is 0 Å². The molecule has 0 aliphatic carbocycles. The van der Waals surface area contributed by atoms with E-state index in [2.05, 4.69) is 20.2 Å². The minimum atomic E-state index is -0.641. The molecule has 5 heterocycles. The lowest BCUT2D eigenvalue weighted by Gasteiger charge is -2.38. The highest BCUT2D eigenvalue weighted by Gasteiger charge is 2.47. The molecule has 0 bridgehead atoms. The van der Waals surface area contributed by atoms with Crippen LogP contribution >= 0.6 is 0 Å². The third-order valence-corrected chi connectivity index (χ3v) is 7.53. The van der Waals surface area contributed by atoms with Crippen molar-refractivity contribution in [3.63, 3.8) is 0 Å². The molecule has 0 saturated carbocycles. The number of hydrogen-bond acceptors (Lipinski definition) is 8. The largest absolute Gasteiger partial charge is 0.492 e. The number of ether oxygens (including phenoxy) is 1. The van der Waals surface area contributed by atoms with E-state index in [4.69, 9.17) is 4.74 Å². The Bertz CT molecular complexity index is 1220. The maximum absolute atomic E-state index is 13.1. The number of imide groups is 1. The highest BCUT2D eigenvalue weighted by molar-refractivity contribution is 6.05. The first kappa shape index (κ1) is 20.8. The average molecular weight is 461 g/mol. The lowest BCUT2D eigenvalue weighted by molar-refractivity contribution is -0.136. The van der Waals surface area contributed by atoms with Crippen LogP contribution in [0.4, 0.5) is 5.95 Å². The van der Waals surface area contributed by atoms with Crippen LogP contribution in [0.1, 0.15) is 57.5 Å². The molecule has 1 spiro atoms. The molecule has 34 heavy (non-hydrogen) atoms. The number of aldehydes is 1. The lowest BCUT2D eigenvalue weighted by Crippen LogP contribution is -2.52. The van der Waals surface area contributed by atoms with Gasteiger partial charge in [0.1, 0.15) is 11.8 Å². The summed E-state index contributed by atoms with van der Waals surface area (Å²) in [5, 5.41) is 2.34. The standard InChI is InChI=1S/C24H23N5O5/c30-12-14-9-25-23(26-10-14)28-7-5-24(6-8-28)13-34-20-16-11-29(18-3-4-19(31)27-21(18)32)22(33)15(16)1-2-17(20)24/h1-2,9-10,12,18H,3-8,11,13H2,(H,27,31,32)/t18-/m0/s1. The molecule has 174 valence electrons. The number of aromatic nitrogens is 2. The fourth-order valence-corrected chi connectivity index (χ4v) is 5.59. The zero-order valence-electron chi connectivity index (χ0n) is 18.5. The second kappa shape index (κ2) is 7.61. The summed E-state index contributed by atoms with van der Waals surface area (Å²) in [6, 6.07) is 3.21. The van der Waals surface area contributed by atoms with Crippen LogP contribution in [0.15, 0.2) is 24.5 Å². The van der Waals surface area contributed by atoms with Crippen molar-refractivity contribution in [3.8, 4) is 5.75 Å². The Morgan fingerprint density at radius 3 is 2.59 bits per heavy atom. The number of hydrogen-bond donors (Lipinski definition) is 1. The Kier molecular flexibility index (Phi) is 4.65. The van der Waals surface area contributed by atoms with E-state index in [0.717, 1.165) is 49.1 Å². The summed E-state index contributed by atoms with van der Waals surface area (Å²) in [5.74, 6) is 0.470. The van der Waals surface area contributed by atoms with Gasteiger partial charge in [-0.2, -0.15) is 0 Å². The molecule has 1 atom stereocenters. The molecule has 2 fully saturated rings. The van der Waals surface area contributed by atoms with Crippen LogP contribution in [0.5, 0.6) is 5.75 Å². The molecule has 10 nitrogen and oxygen atoms in total. The predicted molar refractivity (Wildman–Crippen MR) is 119 cm³/mol. The summed E-state index contributed by atoms with van der Waals surface area (Å²) in [6.07, 6.45) is 6.05. The fourth-order valence-electron chi connectivity index (χ4n) is 5.59. The summed E-state index contributed by atoms with van der Waals surface area (Å²) in [7, 11) is 0. The summed E-state index contributed by atoms with van der Waals surface area (Å²) in [5.41, 5.74) is 2.82. The van der Waals surface area contributed by atoms with Gasteiger partial charge in [0, 0.05) is 54.0 Å². The van der Waals surface area contributed by atoms with Crippen molar-refractivity contribution in [2.75, 3.05) is 24.6 Å². The second-order valence-electron chi connectivity index (χ2n) is 9.36. The molecule has 6 rings (SSSR count). The minimum absolute atomic E-state index is 0.144. The molecule has 2 saturated heterocycles. The molecular formula is C24H23N5O5. The van der Waals surface area contributed by atoms with E-state index in [1.165, 1.54) is 12.4 Å². The molecule has 1 N–H and O–H groups in total. The molecular weight excluding hydrogens is 438 g/mol. The molecule has 4 aliphatic heterocycles. The van der Waals surface area contributed by atoms with Crippen LogP contribution < -0.4 is 15.0 Å². The molecule has 1 aromatic carbocycles. The SMILES string of the molecule is O=Cc1cnc(N2CCC3(CC2)COc2c3ccc3c2CN([C@H]2CCC(=O)NC2=O)C3=O)nc1. The Morgan fingerprint density at radius 1 is 1.12 bits per heavy atom. The second-order valence-corrected chi connectivity index (χ2v) is 9.36. The Morgan fingerprint density at radius 2 is 1.88 bits per heavy atom. The molecule has 0 unspecified atom stereocenters. The Labute approximate surface area is 195 Å². The molecule has 10 heteroatoms. The lowest BCUT2D eigenvalue weighted by atomic mass is 9.74. The first-order chi connectivity index (χ1) is 16.5. The number of carbonyl (C=O) groups is 4. The molecule has 2 aromatic rings. The first-order valence-corrected chi connectivity index (χ1v) is 11.4. The average Bonchev–Trinajstić information content (AvgIpc) is 3.38. The molecule has 0 radical (unpaired) electrons. The summed E-state index contributed by atoms with van der Waals surface area (Å²) < 4.78 is 6.21. The van der Waals surface area contributed by atoms with Crippen LogP contribution in [0.25, 0.3) is 0 Å². The number of fused-ring (bicyclic) bond motifs is 4. The van der Waals surface area contributed by atoms with Gasteiger partial charge >= 0.3 is 0 Å². The molecule has 1 aromatic heterocycles. The van der Waals surface area contributed by atoms with E-state index >= 15 is 0 Å². The van der Waals surface area contributed by atoms with E-state index < -0.39 is 11.9 Å². The van der Waals surface area contributed by atoms with Gasteiger partial charge in [0.05, 0.1) is 18.7 Å². The van der Waals surface area contributed by atoms with Gasteiger partial charge in [-0.25, -0.2) is 9.97 Å². The van der Waals surface area contributed by atoms with E-state index in [-0.39, 0.29) is 23.7 Å².